The summed E-state index contributed by atoms with van der Waals surface area (Å²) in [6, 6.07) is 5.10. The predicted molar refractivity (Wildman–Crippen MR) is 116 cm³/mol. The third-order valence-corrected chi connectivity index (χ3v) is 7.71. The molecule has 34 heavy (non-hydrogen) atoms. The summed E-state index contributed by atoms with van der Waals surface area (Å²) in [5.41, 5.74) is -0.388. The van der Waals surface area contributed by atoms with Crippen molar-refractivity contribution in [3.63, 3.8) is 0 Å². The van der Waals surface area contributed by atoms with Gasteiger partial charge in [-0.3, -0.25) is 4.98 Å². The smallest absolute Gasteiger partial charge is 0.339 e. The predicted octanol–water partition coefficient (Wildman–Crippen LogP) is 3.57. The highest BCUT2D eigenvalue weighted by Gasteiger charge is 2.42. The summed E-state index contributed by atoms with van der Waals surface area (Å²) in [7, 11) is -2.32. The van der Waals surface area contributed by atoms with Gasteiger partial charge in [-0.15, -0.1) is 0 Å². The zero-order valence-electron chi connectivity index (χ0n) is 17.8. The van der Waals surface area contributed by atoms with E-state index in [1.807, 2.05) is 0 Å². The molecule has 3 aromatic rings. The molecule has 3 heterocycles. The second-order valence-electron chi connectivity index (χ2n) is 7.97. The van der Waals surface area contributed by atoms with Gasteiger partial charge in [0.25, 0.3) is 10.0 Å². The fourth-order valence-electron chi connectivity index (χ4n) is 3.88. The normalized spacial score (nSPS) is 19.6. The second kappa shape index (κ2) is 9.25. The molecule has 1 fully saturated rings. The molecule has 1 aliphatic rings. The number of sulfonamides is 1. The Kier molecular flexibility index (Phi) is 6.69. The van der Waals surface area contributed by atoms with E-state index >= 15 is 0 Å². The number of hydrogen-bond donors (Lipinski definition) is 1. The van der Waals surface area contributed by atoms with Gasteiger partial charge in [-0.25, -0.2) is 17.8 Å². The van der Waals surface area contributed by atoms with E-state index in [0.717, 1.165) is 12.1 Å². The summed E-state index contributed by atoms with van der Waals surface area (Å²) in [6.45, 7) is -0.0207. The van der Waals surface area contributed by atoms with Crippen LogP contribution >= 0.6 is 11.6 Å². The number of imidazole rings is 1. The minimum absolute atomic E-state index is 0.0160. The summed E-state index contributed by atoms with van der Waals surface area (Å²) in [5, 5.41) is 2.91. The van der Waals surface area contributed by atoms with Gasteiger partial charge in [-0.2, -0.15) is 17.5 Å². The molecule has 0 spiro atoms. The number of nitrogens with one attached hydrogen (secondary N) is 1. The topological polar surface area (TPSA) is 80.1 Å². The van der Waals surface area contributed by atoms with E-state index in [-0.39, 0.29) is 35.4 Å². The lowest BCUT2D eigenvalue weighted by atomic mass is 9.98. The van der Waals surface area contributed by atoms with Crippen LogP contribution in [0, 0.1) is 5.82 Å². The van der Waals surface area contributed by atoms with Crippen molar-refractivity contribution in [3.05, 3.63) is 76.7 Å². The van der Waals surface area contributed by atoms with Crippen LogP contribution in [0.15, 0.2) is 54.1 Å². The minimum atomic E-state index is -4.52. The molecular weight excluding hydrogens is 498 g/mol. The van der Waals surface area contributed by atoms with Gasteiger partial charge in [0.15, 0.2) is 5.03 Å². The Balaban J connectivity index is 1.59. The first-order valence-corrected chi connectivity index (χ1v) is 12.0. The summed E-state index contributed by atoms with van der Waals surface area (Å²) < 4.78 is 82.2. The molecule has 1 aromatic carbocycles. The summed E-state index contributed by atoms with van der Waals surface area (Å²) in [5.74, 6) is -1.23. The van der Waals surface area contributed by atoms with Crippen molar-refractivity contribution in [2.75, 3.05) is 13.1 Å². The lowest BCUT2D eigenvalue weighted by Crippen LogP contribution is -2.36. The lowest BCUT2D eigenvalue weighted by Gasteiger charge is -2.20. The Morgan fingerprint density at radius 1 is 1.21 bits per heavy atom. The number of aromatic nitrogens is 3. The van der Waals surface area contributed by atoms with Gasteiger partial charge in [-0.05, 0) is 29.8 Å². The van der Waals surface area contributed by atoms with Gasteiger partial charge in [0.2, 0.25) is 0 Å². The average molecular weight is 518 g/mol. The van der Waals surface area contributed by atoms with Crippen LogP contribution in [0.4, 0.5) is 17.6 Å². The Hall–Kier alpha value is -2.54. The Labute approximate surface area is 198 Å². The molecular formula is C21H20ClF4N5O2S. The molecule has 0 saturated carbocycles. The van der Waals surface area contributed by atoms with Crippen LogP contribution in [-0.4, -0.2) is 46.4 Å². The fraction of sp³-hybridized carbons (Fsp3) is 0.333. The number of rotatable bonds is 6. The number of halogens is 5. The Bertz CT molecular complexity index is 1300. The first kappa shape index (κ1) is 24.6. The zero-order valence-corrected chi connectivity index (χ0v) is 19.4. The number of pyridine rings is 1. The van der Waals surface area contributed by atoms with Crippen molar-refractivity contribution in [3.8, 4) is 0 Å². The minimum Gasteiger partial charge on any atom is -0.339 e. The number of nitrogens with zero attached hydrogens (tertiary/aromatic N) is 4. The van der Waals surface area contributed by atoms with Crippen molar-refractivity contribution in [1.82, 2.24) is 24.2 Å². The highest BCUT2D eigenvalue weighted by molar-refractivity contribution is 7.89. The molecule has 7 nitrogen and oxygen atoms in total. The van der Waals surface area contributed by atoms with Gasteiger partial charge < -0.3 is 9.88 Å². The maximum atomic E-state index is 14.5. The first-order valence-electron chi connectivity index (χ1n) is 10.1. The quantitative estimate of drug-likeness (QED) is 0.506. The molecule has 0 unspecified atom stereocenters. The molecule has 4 rings (SSSR count). The number of aryl methyl sites for hydroxylation is 1. The molecule has 182 valence electrons. The highest BCUT2D eigenvalue weighted by Crippen LogP contribution is 2.34. The summed E-state index contributed by atoms with van der Waals surface area (Å²) >= 11 is 6.05. The van der Waals surface area contributed by atoms with Crippen LogP contribution in [0.5, 0.6) is 0 Å². The number of benzene rings is 1. The van der Waals surface area contributed by atoms with Gasteiger partial charge in [-0.1, -0.05) is 17.7 Å². The highest BCUT2D eigenvalue weighted by atomic mass is 35.5. The van der Waals surface area contributed by atoms with Crippen molar-refractivity contribution in [2.24, 2.45) is 7.05 Å². The van der Waals surface area contributed by atoms with Crippen LogP contribution in [-0.2, 0) is 29.8 Å². The van der Waals surface area contributed by atoms with E-state index in [1.54, 1.807) is 7.05 Å². The van der Waals surface area contributed by atoms with E-state index < -0.39 is 39.5 Å². The van der Waals surface area contributed by atoms with Gasteiger partial charge in [0, 0.05) is 56.1 Å². The average Bonchev–Trinajstić information content (AvgIpc) is 3.40. The monoisotopic (exact) mass is 517 g/mol. The molecule has 1 saturated heterocycles. The first-order chi connectivity index (χ1) is 16.0. The summed E-state index contributed by atoms with van der Waals surface area (Å²) in [4.78, 5) is 8.03. The molecule has 0 amide bonds. The Morgan fingerprint density at radius 3 is 2.59 bits per heavy atom. The van der Waals surface area contributed by atoms with Gasteiger partial charge in [0.05, 0.1) is 17.6 Å². The summed E-state index contributed by atoms with van der Waals surface area (Å²) in [6.07, 6.45) is -0.378. The molecule has 2 atom stereocenters. The Morgan fingerprint density at radius 2 is 1.97 bits per heavy atom. The van der Waals surface area contributed by atoms with Crippen LogP contribution in [0.25, 0.3) is 0 Å². The fourth-order valence-corrected chi connectivity index (χ4v) is 5.59. The third kappa shape index (κ3) is 4.95. The molecule has 1 aliphatic heterocycles. The SMILES string of the molecule is Cn1cnc(S(=O)(=O)N2C[C@H](NCc3ccc(C(F)(F)F)cc3Cl)[C@@H](c3ncccc3F)C2)c1. The van der Waals surface area contributed by atoms with Gasteiger partial charge >= 0.3 is 6.18 Å². The zero-order chi connectivity index (χ0) is 24.7. The maximum Gasteiger partial charge on any atom is 0.416 e. The molecule has 0 aliphatic carbocycles. The van der Waals surface area contributed by atoms with E-state index in [0.29, 0.717) is 5.56 Å². The standard InChI is InChI=1S/C21H20ClF4N5O2S/c1-30-11-19(29-12-30)34(32,33)31-9-15(20-17(23)3-2-6-27-20)18(10-31)28-8-13-4-5-14(7-16(13)22)21(24,25)26/h2-7,11-12,15,18,28H,8-10H2,1H3/t15-,18-/m0/s1. The van der Waals surface area contributed by atoms with Crippen molar-refractivity contribution in [1.29, 1.82) is 0 Å². The number of hydrogen-bond acceptors (Lipinski definition) is 5. The molecule has 2 aromatic heterocycles. The van der Waals surface area contributed by atoms with E-state index in [1.165, 1.54) is 45.8 Å². The number of alkyl halides is 3. The van der Waals surface area contributed by atoms with Crippen LogP contribution in [0.1, 0.15) is 22.7 Å². The third-order valence-electron chi connectivity index (χ3n) is 5.65. The molecule has 1 N–H and O–H groups in total. The second-order valence-corrected chi connectivity index (χ2v) is 10.3. The van der Waals surface area contributed by atoms with E-state index in [4.69, 9.17) is 11.6 Å². The van der Waals surface area contributed by atoms with E-state index in [2.05, 4.69) is 15.3 Å². The van der Waals surface area contributed by atoms with Crippen LogP contribution in [0.2, 0.25) is 5.02 Å². The van der Waals surface area contributed by atoms with Crippen LogP contribution < -0.4 is 5.32 Å². The van der Waals surface area contributed by atoms with Crippen molar-refractivity contribution < 1.29 is 26.0 Å². The van der Waals surface area contributed by atoms with Crippen molar-refractivity contribution in [2.45, 2.75) is 29.7 Å². The largest absolute Gasteiger partial charge is 0.416 e. The maximum absolute atomic E-state index is 14.5. The van der Waals surface area contributed by atoms with Gasteiger partial charge in [0.1, 0.15) is 5.82 Å². The van der Waals surface area contributed by atoms with Crippen LogP contribution in [0.3, 0.4) is 0 Å². The van der Waals surface area contributed by atoms with Crippen molar-refractivity contribution >= 4 is 21.6 Å². The van der Waals surface area contributed by atoms with E-state index in [9.17, 15) is 26.0 Å². The molecule has 0 bridgehead atoms. The molecule has 0 radical (unpaired) electrons. The molecule has 13 heteroatoms. The lowest BCUT2D eigenvalue weighted by molar-refractivity contribution is -0.137.